The average Bonchev–Trinajstić information content (AvgIpc) is 3.64. The molecule has 7 nitrogen and oxygen atoms in total. The summed E-state index contributed by atoms with van der Waals surface area (Å²) in [5.74, 6) is 0.323. The van der Waals surface area contributed by atoms with Gasteiger partial charge in [0.25, 0.3) is 0 Å². The Morgan fingerprint density at radius 1 is 1.14 bits per heavy atom. The molecule has 11 atom stereocenters. The van der Waals surface area contributed by atoms with Crippen LogP contribution in [0.25, 0.3) is 0 Å². The second-order valence-electron chi connectivity index (χ2n) is 14.0. The van der Waals surface area contributed by atoms with Gasteiger partial charge < -0.3 is 14.7 Å². The van der Waals surface area contributed by atoms with E-state index in [1.807, 2.05) is 13.0 Å². The Morgan fingerprint density at radius 3 is 2.54 bits per heavy atom. The zero-order valence-corrected chi connectivity index (χ0v) is 23.0. The quantitative estimate of drug-likeness (QED) is 0.562. The first-order valence-corrected chi connectivity index (χ1v) is 14.5. The highest BCUT2D eigenvalue weighted by atomic mass is 16.6. The number of carbonyl (C=O) groups excluding carboxylic acids is 3. The van der Waals surface area contributed by atoms with Gasteiger partial charge >= 0.3 is 6.09 Å². The molecule has 6 rings (SSSR count). The van der Waals surface area contributed by atoms with E-state index in [1.54, 1.807) is 0 Å². The highest BCUT2D eigenvalue weighted by Crippen LogP contribution is 2.68. The van der Waals surface area contributed by atoms with Crippen LogP contribution in [0.1, 0.15) is 72.6 Å². The number of aliphatic hydroxyl groups is 1. The Morgan fingerprint density at radius 2 is 1.89 bits per heavy atom. The third-order valence-corrected chi connectivity index (χ3v) is 12.8. The van der Waals surface area contributed by atoms with Crippen molar-refractivity contribution in [3.63, 3.8) is 0 Å². The van der Waals surface area contributed by atoms with Gasteiger partial charge in [0.15, 0.2) is 0 Å². The molecule has 6 aliphatic rings. The maximum atomic E-state index is 13.8. The monoisotopic (exact) mass is 512 g/mol. The van der Waals surface area contributed by atoms with Crippen LogP contribution in [0.15, 0.2) is 12.7 Å². The summed E-state index contributed by atoms with van der Waals surface area (Å²) < 4.78 is 6.40. The highest BCUT2D eigenvalue weighted by Gasteiger charge is 2.69. The molecule has 4 bridgehead atoms. The lowest BCUT2D eigenvalue weighted by Gasteiger charge is -2.61. The van der Waals surface area contributed by atoms with Crippen molar-refractivity contribution in [1.29, 1.82) is 0 Å². The Bertz CT molecular complexity index is 1040. The van der Waals surface area contributed by atoms with Gasteiger partial charge in [-0.2, -0.15) is 0 Å². The van der Waals surface area contributed by atoms with Gasteiger partial charge in [0.05, 0.1) is 11.5 Å². The minimum atomic E-state index is -0.697. The van der Waals surface area contributed by atoms with Gasteiger partial charge in [-0.1, -0.05) is 33.8 Å². The fraction of sp³-hybridized carbons (Fsp3) is 0.833. The number of piperidine rings is 1. The number of amides is 2. The van der Waals surface area contributed by atoms with Crippen LogP contribution in [-0.4, -0.2) is 71.1 Å². The Labute approximate surface area is 221 Å². The van der Waals surface area contributed by atoms with E-state index in [4.69, 9.17) is 4.74 Å². The minimum Gasteiger partial charge on any atom is -0.445 e. The molecule has 7 heteroatoms. The topological polar surface area (TPSA) is 87.2 Å². The van der Waals surface area contributed by atoms with Crippen molar-refractivity contribution in [1.82, 2.24) is 9.80 Å². The van der Waals surface area contributed by atoms with Crippen LogP contribution >= 0.6 is 0 Å². The zero-order valence-electron chi connectivity index (χ0n) is 23.0. The molecule has 6 unspecified atom stereocenters. The van der Waals surface area contributed by atoms with Gasteiger partial charge in [0.1, 0.15) is 11.9 Å². The SMILES string of the molecule is C=C[C@]1(C)C[C@@H](OC(=O)N2CCC3(CN4CCC3C4)C2=O)[C@]2(C)C(C)CCC3(CCC(=O)C32)[C@@H](C)[C@@H]1O. The van der Waals surface area contributed by atoms with Crippen molar-refractivity contribution >= 4 is 17.8 Å². The van der Waals surface area contributed by atoms with Crippen LogP contribution in [0.3, 0.4) is 0 Å². The lowest BCUT2D eigenvalue weighted by atomic mass is 9.44. The van der Waals surface area contributed by atoms with E-state index in [1.165, 1.54) is 4.90 Å². The number of fused-ring (bicyclic) bond motifs is 3. The lowest BCUT2D eigenvalue weighted by molar-refractivity contribution is -0.193. The molecule has 0 aromatic rings. The fourth-order valence-electron chi connectivity index (χ4n) is 10.1. The van der Waals surface area contributed by atoms with Crippen LogP contribution in [-0.2, 0) is 14.3 Å². The number of hydrogen-bond donors (Lipinski definition) is 1. The number of nitrogens with zero attached hydrogens (tertiary/aromatic N) is 2. The van der Waals surface area contributed by atoms with Crippen LogP contribution in [0.2, 0.25) is 0 Å². The molecule has 3 saturated heterocycles. The van der Waals surface area contributed by atoms with Crippen LogP contribution in [0.4, 0.5) is 4.79 Å². The van der Waals surface area contributed by atoms with Gasteiger partial charge in [-0.15, -0.1) is 6.58 Å². The van der Waals surface area contributed by atoms with Crippen LogP contribution in [0, 0.1) is 45.3 Å². The first-order valence-electron chi connectivity index (χ1n) is 14.5. The number of rotatable bonds is 2. The predicted octanol–water partition coefficient (Wildman–Crippen LogP) is 4.04. The van der Waals surface area contributed by atoms with E-state index in [0.717, 1.165) is 45.3 Å². The Balaban J connectivity index is 1.36. The highest BCUT2D eigenvalue weighted by molar-refractivity contribution is 5.98. The van der Waals surface area contributed by atoms with Crippen LogP contribution in [0.5, 0.6) is 0 Å². The summed E-state index contributed by atoms with van der Waals surface area (Å²) in [6.07, 6.45) is 5.17. The number of imide groups is 1. The zero-order chi connectivity index (χ0) is 26.5. The molecule has 1 spiro atoms. The molecule has 3 heterocycles. The number of hydrogen-bond acceptors (Lipinski definition) is 6. The Kier molecular flexibility index (Phi) is 5.62. The third-order valence-electron chi connectivity index (χ3n) is 12.8. The van der Waals surface area contributed by atoms with Crippen molar-refractivity contribution in [2.75, 3.05) is 26.2 Å². The molecule has 3 aliphatic heterocycles. The molecule has 37 heavy (non-hydrogen) atoms. The molecule has 204 valence electrons. The van der Waals surface area contributed by atoms with E-state index in [2.05, 4.69) is 32.3 Å². The maximum Gasteiger partial charge on any atom is 0.416 e. The molecule has 6 fully saturated rings. The number of Topliss-reactive ketones (excluding diaryl/α,β-unsaturated/α-hetero) is 1. The second kappa shape index (κ2) is 8.14. The average molecular weight is 513 g/mol. The normalized spacial score (nSPS) is 52.8. The van der Waals surface area contributed by atoms with Crippen molar-refractivity contribution in [2.24, 2.45) is 45.3 Å². The second-order valence-corrected chi connectivity index (χ2v) is 14.0. The van der Waals surface area contributed by atoms with E-state index in [-0.39, 0.29) is 34.9 Å². The number of carbonyl (C=O) groups is 3. The molecule has 3 saturated carbocycles. The van der Waals surface area contributed by atoms with Crippen molar-refractivity contribution < 1.29 is 24.2 Å². The van der Waals surface area contributed by atoms with Gasteiger partial charge in [-0.3, -0.25) is 9.59 Å². The first kappa shape index (κ1) is 25.5. The number of aliphatic hydroxyl groups excluding tert-OH is 1. The largest absolute Gasteiger partial charge is 0.445 e. The van der Waals surface area contributed by atoms with Gasteiger partial charge in [0, 0.05) is 42.8 Å². The molecule has 2 amide bonds. The van der Waals surface area contributed by atoms with E-state index < -0.39 is 34.5 Å². The summed E-state index contributed by atoms with van der Waals surface area (Å²) in [4.78, 5) is 44.8. The molecular weight excluding hydrogens is 468 g/mol. The van der Waals surface area contributed by atoms with Crippen molar-refractivity contribution in [3.8, 4) is 0 Å². The summed E-state index contributed by atoms with van der Waals surface area (Å²) in [7, 11) is 0. The molecular formula is C30H44N2O5. The fourth-order valence-corrected chi connectivity index (χ4v) is 10.1. The predicted molar refractivity (Wildman–Crippen MR) is 138 cm³/mol. The third kappa shape index (κ3) is 3.16. The van der Waals surface area contributed by atoms with Gasteiger partial charge in [-0.25, -0.2) is 9.69 Å². The number of ether oxygens (including phenoxy) is 1. The maximum absolute atomic E-state index is 13.8. The Hall–Kier alpha value is -1.73. The van der Waals surface area contributed by atoms with E-state index in [0.29, 0.717) is 31.7 Å². The summed E-state index contributed by atoms with van der Waals surface area (Å²) in [5.41, 5.74) is -2.00. The molecule has 0 aromatic heterocycles. The summed E-state index contributed by atoms with van der Waals surface area (Å²) in [6, 6.07) is 0. The first-order chi connectivity index (χ1) is 17.4. The molecule has 1 N–H and O–H groups in total. The smallest absolute Gasteiger partial charge is 0.416 e. The minimum absolute atomic E-state index is 0.0665. The van der Waals surface area contributed by atoms with Crippen LogP contribution < -0.4 is 0 Å². The van der Waals surface area contributed by atoms with E-state index in [9.17, 15) is 19.5 Å². The summed E-state index contributed by atoms with van der Waals surface area (Å²) >= 11 is 0. The summed E-state index contributed by atoms with van der Waals surface area (Å²) in [6.45, 7) is 15.6. The number of likely N-dealkylation sites (tertiary alicyclic amines) is 1. The number of ketones is 1. The molecule has 3 aliphatic carbocycles. The summed E-state index contributed by atoms with van der Waals surface area (Å²) in [5, 5.41) is 11.7. The van der Waals surface area contributed by atoms with Gasteiger partial charge in [-0.05, 0) is 68.2 Å². The lowest BCUT2D eigenvalue weighted by Crippen LogP contribution is -2.63. The molecule has 0 radical (unpaired) electrons. The van der Waals surface area contributed by atoms with Crippen molar-refractivity contribution in [3.05, 3.63) is 12.7 Å². The van der Waals surface area contributed by atoms with E-state index >= 15 is 0 Å². The molecule has 0 aromatic carbocycles. The van der Waals surface area contributed by atoms with Crippen molar-refractivity contribution in [2.45, 2.75) is 84.8 Å². The van der Waals surface area contributed by atoms with Gasteiger partial charge in [0.2, 0.25) is 5.91 Å². The standard InChI is InChI=1S/C30H44N2O5/c1-6-27(4)15-22(37-26(36)32-14-12-30(25(32)35)17-31-13-9-20(30)16-31)28(5)18(2)7-10-29(19(3)24(27)34)11-8-21(33)23(28)29/h6,18-20,22-24,34H,1,7-17H2,2-5H3/t18?,19-,20?,22+,23?,24-,27+,28-,29?,30?/m0/s1.